The summed E-state index contributed by atoms with van der Waals surface area (Å²) in [6.45, 7) is 3.77. The summed E-state index contributed by atoms with van der Waals surface area (Å²) in [6.07, 6.45) is 3.92. The van der Waals surface area contributed by atoms with Crippen LogP contribution in [0.3, 0.4) is 0 Å². The van der Waals surface area contributed by atoms with Crippen molar-refractivity contribution in [3.8, 4) is 11.5 Å². The number of likely N-dealkylation sites (tertiary alicyclic amines) is 2. The standard InChI is InChI=1S/C27H34N4O7/c1-28-11-7-19(8-12-28)15-21-17-23(30(33)34)3-5-25(21)37-27(32)38-26-6-4-24(31(35)36)18-22(26)16-20-9-13-29(2)14-10-20/h3-6,17-20H,7-16H2,1-2H3. The first-order chi connectivity index (χ1) is 18.2. The number of non-ortho nitro benzene ring substituents is 2. The van der Waals surface area contributed by atoms with E-state index in [-0.39, 0.29) is 22.9 Å². The van der Waals surface area contributed by atoms with Gasteiger partial charge in [0.2, 0.25) is 0 Å². The lowest BCUT2D eigenvalue weighted by molar-refractivity contribution is -0.385. The van der Waals surface area contributed by atoms with Gasteiger partial charge >= 0.3 is 6.16 Å². The molecule has 204 valence electrons. The average Bonchev–Trinajstić information content (AvgIpc) is 2.88. The highest BCUT2D eigenvalue weighted by atomic mass is 16.7. The number of benzene rings is 2. The van der Waals surface area contributed by atoms with E-state index in [4.69, 9.17) is 9.47 Å². The molecule has 0 aliphatic carbocycles. The molecule has 11 heteroatoms. The van der Waals surface area contributed by atoms with Crippen molar-refractivity contribution in [3.05, 3.63) is 67.8 Å². The molecule has 0 amide bonds. The molecule has 0 N–H and O–H groups in total. The van der Waals surface area contributed by atoms with Gasteiger partial charge in [-0.05, 0) is 103 Å². The number of ether oxygens (including phenoxy) is 2. The fourth-order valence-electron chi connectivity index (χ4n) is 5.23. The van der Waals surface area contributed by atoms with Crippen molar-refractivity contribution >= 4 is 17.5 Å². The van der Waals surface area contributed by atoms with Gasteiger partial charge in [0.25, 0.3) is 11.4 Å². The van der Waals surface area contributed by atoms with Gasteiger partial charge in [-0.2, -0.15) is 0 Å². The molecule has 38 heavy (non-hydrogen) atoms. The Kier molecular flexibility index (Phi) is 8.90. The quantitative estimate of drug-likeness (QED) is 0.205. The maximum Gasteiger partial charge on any atom is 0.519 e. The Labute approximate surface area is 221 Å². The molecule has 2 heterocycles. The molecule has 0 aromatic heterocycles. The fraction of sp³-hybridized carbons (Fsp3) is 0.519. The first-order valence-corrected chi connectivity index (χ1v) is 13.0. The van der Waals surface area contributed by atoms with Crippen molar-refractivity contribution in [2.75, 3.05) is 40.3 Å². The predicted octanol–water partition coefficient (Wildman–Crippen LogP) is 4.85. The van der Waals surface area contributed by atoms with Gasteiger partial charge in [0.15, 0.2) is 0 Å². The summed E-state index contributed by atoms with van der Waals surface area (Å²) in [6, 6.07) is 8.38. The second kappa shape index (κ2) is 12.3. The Morgan fingerprint density at radius 1 is 0.763 bits per heavy atom. The molecule has 2 aromatic carbocycles. The summed E-state index contributed by atoms with van der Waals surface area (Å²) in [4.78, 5) is 39.2. The highest BCUT2D eigenvalue weighted by Gasteiger charge is 2.24. The number of hydrogen-bond acceptors (Lipinski definition) is 9. The summed E-state index contributed by atoms with van der Waals surface area (Å²) < 4.78 is 11.1. The van der Waals surface area contributed by atoms with Crippen molar-refractivity contribution in [1.29, 1.82) is 0 Å². The lowest BCUT2D eigenvalue weighted by Gasteiger charge is -2.29. The van der Waals surface area contributed by atoms with Crippen molar-refractivity contribution in [1.82, 2.24) is 9.80 Å². The number of carbonyl (C=O) groups is 1. The van der Waals surface area contributed by atoms with Gasteiger partial charge in [0.05, 0.1) is 9.85 Å². The van der Waals surface area contributed by atoms with Gasteiger partial charge in [-0.15, -0.1) is 0 Å². The van der Waals surface area contributed by atoms with E-state index in [2.05, 4.69) is 23.9 Å². The third kappa shape index (κ3) is 7.26. The van der Waals surface area contributed by atoms with Gasteiger partial charge in [-0.3, -0.25) is 20.2 Å². The first-order valence-electron chi connectivity index (χ1n) is 13.0. The molecule has 2 fully saturated rings. The minimum absolute atomic E-state index is 0.0653. The van der Waals surface area contributed by atoms with Crippen molar-refractivity contribution in [2.24, 2.45) is 11.8 Å². The summed E-state index contributed by atoms with van der Waals surface area (Å²) in [7, 11) is 4.13. The second-order valence-electron chi connectivity index (χ2n) is 10.5. The van der Waals surface area contributed by atoms with Crippen molar-refractivity contribution in [2.45, 2.75) is 38.5 Å². The van der Waals surface area contributed by atoms with Crippen LogP contribution in [0.4, 0.5) is 16.2 Å². The number of rotatable bonds is 8. The van der Waals surface area contributed by atoms with E-state index in [9.17, 15) is 25.0 Å². The van der Waals surface area contributed by atoms with Crippen molar-refractivity contribution < 1.29 is 24.1 Å². The van der Waals surface area contributed by atoms with Gasteiger partial charge in [-0.1, -0.05) is 0 Å². The van der Waals surface area contributed by atoms with Crippen LogP contribution in [0.15, 0.2) is 36.4 Å². The van der Waals surface area contributed by atoms with Gasteiger partial charge in [0.1, 0.15) is 11.5 Å². The maximum atomic E-state index is 12.9. The smallest absolute Gasteiger partial charge is 0.394 e. The van der Waals surface area contributed by atoms with E-state index in [1.807, 2.05) is 0 Å². The van der Waals surface area contributed by atoms with Gasteiger partial charge in [-0.25, -0.2) is 4.79 Å². The zero-order valence-corrected chi connectivity index (χ0v) is 21.8. The molecule has 0 spiro atoms. The number of nitrogens with zero attached hydrogens (tertiary/aromatic N) is 4. The molecule has 0 saturated carbocycles. The van der Waals surface area contributed by atoms with E-state index >= 15 is 0 Å². The minimum atomic E-state index is -0.984. The van der Waals surface area contributed by atoms with Gasteiger partial charge in [0, 0.05) is 35.4 Å². The summed E-state index contributed by atoms with van der Waals surface area (Å²) in [5, 5.41) is 22.7. The number of piperidine rings is 2. The van der Waals surface area contributed by atoms with Crippen molar-refractivity contribution in [3.63, 3.8) is 0 Å². The summed E-state index contributed by atoms with van der Waals surface area (Å²) in [5.41, 5.74) is 1.04. The Hall–Kier alpha value is -3.57. The molecule has 0 unspecified atom stereocenters. The summed E-state index contributed by atoms with van der Waals surface area (Å²) in [5.74, 6) is 1.08. The zero-order chi connectivity index (χ0) is 27.2. The van der Waals surface area contributed by atoms with Crippen LogP contribution in [0.5, 0.6) is 11.5 Å². The number of carbonyl (C=O) groups excluding carboxylic acids is 1. The van der Waals surface area contributed by atoms with E-state index in [0.717, 1.165) is 51.9 Å². The Morgan fingerprint density at radius 2 is 1.13 bits per heavy atom. The SMILES string of the molecule is CN1CCC(Cc2cc([N+](=O)[O-])ccc2OC(=O)Oc2ccc([N+](=O)[O-])cc2CC2CCN(C)CC2)CC1. The Bertz CT molecular complexity index is 1080. The second-order valence-corrected chi connectivity index (χ2v) is 10.5. The molecule has 0 atom stereocenters. The lowest BCUT2D eigenvalue weighted by Crippen LogP contribution is -2.31. The largest absolute Gasteiger partial charge is 0.519 e. The van der Waals surface area contributed by atoms with E-state index in [1.54, 1.807) is 0 Å². The topological polar surface area (TPSA) is 128 Å². The normalized spacial score (nSPS) is 17.7. The fourth-order valence-corrected chi connectivity index (χ4v) is 5.23. The molecular formula is C27H34N4O7. The highest BCUT2D eigenvalue weighted by Crippen LogP contribution is 2.32. The predicted molar refractivity (Wildman–Crippen MR) is 141 cm³/mol. The zero-order valence-electron chi connectivity index (χ0n) is 21.8. The summed E-state index contributed by atoms with van der Waals surface area (Å²) >= 11 is 0. The third-order valence-electron chi connectivity index (χ3n) is 7.59. The first kappa shape index (κ1) is 27.5. The highest BCUT2D eigenvalue weighted by molar-refractivity contribution is 5.69. The van der Waals surface area contributed by atoms with E-state index < -0.39 is 16.0 Å². The van der Waals surface area contributed by atoms with Crippen LogP contribution in [0, 0.1) is 32.1 Å². The average molecular weight is 527 g/mol. The minimum Gasteiger partial charge on any atom is -0.394 e. The van der Waals surface area contributed by atoms with Crippen LogP contribution in [-0.4, -0.2) is 66.1 Å². The van der Waals surface area contributed by atoms with Gasteiger partial charge < -0.3 is 19.3 Å². The van der Waals surface area contributed by atoms with Crippen LogP contribution >= 0.6 is 0 Å². The molecule has 11 nitrogen and oxygen atoms in total. The number of nitro benzene ring substituents is 2. The van der Waals surface area contributed by atoms with E-state index in [0.29, 0.717) is 35.8 Å². The van der Waals surface area contributed by atoms with Crippen LogP contribution in [0.25, 0.3) is 0 Å². The van der Waals surface area contributed by atoms with Crippen LogP contribution < -0.4 is 9.47 Å². The molecule has 0 bridgehead atoms. The maximum absolute atomic E-state index is 12.9. The molecule has 2 aliphatic rings. The Morgan fingerprint density at radius 3 is 1.47 bits per heavy atom. The number of hydrogen-bond donors (Lipinski definition) is 0. The third-order valence-corrected chi connectivity index (χ3v) is 7.59. The molecular weight excluding hydrogens is 492 g/mol. The van der Waals surface area contributed by atoms with Crippen LogP contribution in [0.1, 0.15) is 36.8 Å². The molecule has 2 aliphatic heterocycles. The lowest BCUT2D eigenvalue weighted by atomic mass is 9.90. The van der Waals surface area contributed by atoms with Crippen LogP contribution in [-0.2, 0) is 12.8 Å². The van der Waals surface area contributed by atoms with E-state index in [1.165, 1.54) is 36.4 Å². The number of nitro groups is 2. The molecule has 2 aromatic rings. The monoisotopic (exact) mass is 526 g/mol. The van der Waals surface area contributed by atoms with Crippen LogP contribution in [0.2, 0.25) is 0 Å². The molecule has 2 saturated heterocycles. The molecule has 0 radical (unpaired) electrons. The molecule has 4 rings (SSSR count). The Balaban J connectivity index is 1.51.